The van der Waals surface area contributed by atoms with Gasteiger partial charge in [0, 0.05) is 36.2 Å². The lowest BCUT2D eigenvalue weighted by molar-refractivity contribution is -0.384. The zero-order valence-corrected chi connectivity index (χ0v) is 14.1. The van der Waals surface area contributed by atoms with E-state index in [1.165, 1.54) is 24.3 Å². The second-order valence-electron chi connectivity index (χ2n) is 5.82. The summed E-state index contributed by atoms with van der Waals surface area (Å²) in [7, 11) is 0. The first-order valence-corrected chi connectivity index (χ1v) is 8.07. The third kappa shape index (κ3) is 4.13. The van der Waals surface area contributed by atoms with Gasteiger partial charge in [-0.15, -0.1) is 0 Å². The molecule has 1 N–H and O–H groups in total. The normalized spacial score (nSPS) is 10.5. The molecule has 2 aromatic carbocycles. The van der Waals surface area contributed by atoms with Crippen LogP contribution in [0.5, 0.6) is 0 Å². The molecule has 1 heterocycles. The number of benzene rings is 2. The highest BCUT2D eigenvalue weighted by atomic mass is 16.6. The highest BCUT2D eigenvalue weighted by Crippen LogP contribution is 2.19. The molecule has 0 saturated carbocycles. The van der Waals surface area contributed by atoms with Crippen LogP contribution in [0.1, 0.15) is 21.6 Å². The minimum Gasteiger partial charge on any atom is -0.444 e. The quantitative estimate of drug-likeness (QED) is 0.541. The van der Waals surface area contributed by atoms with E-state index in [1.807, 2.05) is 31.2 Å². The molecule has 3 aromatic rings. The molecule has 1 amide bonds. The van der Waals surface area contributed by atoms with Gasteiger partial charge in [0.25, 0.3) is 11.6 Å². The molecule has 26 heavy (non-hydrogen) atoms. The Kier molecular flexibility index (Phi) is 5.07. The second-order valence-corrected chi connectivity index (χ2v) is 5.82. The number of aryl methyl sites for hydroxylation is 1. The first-order valence-electron chi connectivity index (χ1n) is 8.07. The molecule has 0 saturated heterocycles. The summed E-state index contributed by atoms with van der Waals surface area (Å²) in [6.07, 6.45) is 2.06. The van der Waals surface area contributed by atoms with Crippen LogP contribution in [0.15, 0.2) is 59.2 Å². The Morgan fingerprint density at radius 2 is 2.00 bits per heavy atom. The summed E-state index contributed by atoms with van der Waals surface area (Å²) in [5, 5.41) is 13.5. The summed E-state index contributed by atoms with van der Waals surface area (Å²) in [5.41, 5.74) is 2.91. The van der Waals surface area contributed by atoms with E-state index in [2.05, 4.69) is 10.3 Å². The van der Waals surface area contributed by atoms with Crippen LogP contribution in [0.25, 0.3) is 11.5 Å². The number of hydrogen-bond acceptors (Lipinski definition) is 5. The van der Waals surface area contributed by atoms with Crippen LogP contribution in [-0.4, -0.2) is 22.4 Å². The zero-order valence-electron chi connectivity index (χ0n) is 14.1. The molecule has 0 atom stereocenters. The number of hydrogen-bond donors (Lipinski definition) is 1. The summed E-state index contributed by atoms with van der Waals surface area (Å²) >= 11 is 0. The molecular formula is C19H17N3O4. The molecule has 7 heteroatoms. The predicted octanol–water partition coefficient (Wildman–Crippen LogP) is 3.53. The molecule has 0 aliphatic carbocycles. The molecule has 0 bridgehead atoms. The van der Waals surface area contributed by atoms with Crippen LogP contribution in [0.2, 0.25) is 0 Å². The summed E-state index contributed by atoms with van der Waals surface area (Å²) < 4.78 is 5.48. The van der Waals surface area contributed by atoms with E-state index in [0.29, 0.717) is 18.9 Å². The lowest BCUT2D eigenvalue weighted by Gasteiger charge is -2.03. The van der Waals surface area contributed by atoms with Crippen LogP contribution in [0, 0.1) is 17.0 Å². The maximum absolute atomic E-state index is 12.1. The van der Waals surface area contributed by atoms with E-state index >= 15 is 0 Å². The van der Waals surface area contributed by atoms with Crippen molar-refractivity contribution in [2.45, 2.75) is 13.3 Å². The van der Waals surface area contributed by atoms with Gasteiger partial charge >= 0.3 is 0 Å². The molecule has 132 valence electrons. The lowest BCUT2D eigenvalue weighted by Crippen LogP contribution is -2.25. The van der Waals surface area contributed by atoms with Gasteiger partial charge in [-0.2, -0.15) is 0 Å². The maximum atomic E-state index is 12.1. The number of amides is 1. The van der Waals surface area contributed by atoms with Gasteiger partial charge in [0.1, 0.15) is 6.26 Å². The van der Waals surface area contributed by atoms with Crippen LogP contribution in [0.4, 0.5) is 5.69 Å². The van der Waals surface area contributed by atoms with Crippen LogP contribution in [-0.2, 0) is 6.42 Å². The number of oxazole rings is 1. The fourth-order valence-electron chi connectivity index (χ4n) is 2.42. The largest absolute Gasteiger partial charge is 0.444 e. The summed E-state index contributed by atoms with van der Waals surface area (Å²) in [5.74, 6) is 0.168. The number of carbonyl (C=O) groups is 1. The molecule has 0 unspecified atom stereocenters. The van der Waals surface area contributed by atoms with Gasteiger partial charge in [-0.3, -0.25) is 14.9 Å². The van der Waals surface area contributed by atoms with Gasteiger partial charge in [0.05, 0.1) is 10.6 Å². The zero-order chi connectivity index (χ0) is 18.5. The standard InChI is InChI=1S/C19H17N3O4/c1-13-5-7-14(8-6-13)19-21-16(12-26-19)9-10-20-18(23)15-3-2-4-17(11-15)22(24)25/h2-8,11-12H,9-10H2,1H3,(H,20,23). The number of nitro benzene ring substituents is 1. The Bertz CT molecular complexity index is 932. The van der Waals surface area contributed by atoms with Crippen LogP contribution < -0.4 is 5.32 Å². The van der Waals surface area contributed by atoms with Gasteiger partial charge in [-0.1, -0.05) is 23.8 Å². The SMILES string of the molecule is Cc1ccc(-c2nc(CCNC(=O)c3cccc([N+](=O)[O-])c3)co2)cc1. The molecule has 0 radical (unpaired) electrons. The molecule has 1 aromatic heterocycles. The smallest absolute Gasteiger partial charge is 0.270 e. The van der Waals surface area contributed by atoms with Crippen molar-refractivity contribution in [2.75, 3.05) is 6.54 Å². The second kappa shape index (κ2) is 7.60. The van der Waals surface area contributed by atoms with E-state index < -0.39 is 4.92 Å². The van der Waals surface area contributed by atoms with Crippen molar-refractivity contribution in [1.82, 2.24) is 10.3 Å². The monoisotopic (exact) mass is 351 g/mol. The van der Waals surface area contributed by atoms with Crippen molar-refractivity contribution in [3.8, 4) is 11.5 Å². The van der Waals surface area contributed by atoms with E-state index in [0.717, 1.165) is 16.8 Å². The van der Waals surface area contributed by atoms with Crippen molar-refractivity contribution < 1.29 is 14.1 Å². The predicted molar refractivity (Wildman–Crippen MR) is 95.8 cm³/mol. The fraction of sp³-hybridized carbons (Fsp3) is 0.158. The van der Waals surface area contributed by atoms with E-state index in [-0.39, 0.29) is 17.2 Å². The average molecular weight is 351 g/mol. The number of carbonyl (C=O) groups excluding carboxylic acids is 1. The molecule has 3 rings (SSSR count). The van der Waals surface area contributed by atoms with Gasteiger partial charge < -0.3 is 9.73 Å². The highest BCUT2D eigenvalue weighted by Gasteiger charge is 2.12. The van der Waals surface area contributed by atoms with Crippen molar-refractivity contribution in [3.05, 3.63) is 81.7 Å². The number of rotatable bonds is 6. The highest BCUT2D eigenvalue weighted by molar-refractivity contribution is 5.94. The number of aromatic nitrogens is 1. The van der Waals surface area contributed by atoms with Crippen LogP contribution in [0.3, 0.4) is 0 Å². The van der Waals surface area contributed by atoms with Crippen molar-refractivity contribution in [1.29, 1.82) is 0 Å². The van der Waals surface area contributed by atoms with Crippen molar-refractivity contribution in [2.24, 2.45) is 0 Å². The first-order chi connectivity index (χ1) is 12.5. The average Bonchev–Trinajstić information content (AvgIpc) is 3.11. The Morgan fingerprint density at radius 1 is 1.23 bits per heavy atom. The molecule has 0 spiro atoms. The molecular weight excluding hydrogens is 334 g/mol. The maximum Gasteiger partial charge on any atom is 0.270 e. The topological polar surface area (TPSA) is 98.3 Å². The Balaban J connectivity index is 1.57. The van der Waals surface area contributed by atoms with E-state index in [1.54, 1.807) is 6.26 Å². The van der Waals surface area contributed by atoms with Gasteiger partial charge in [-0.05, 0) is 25.1 Å². The third-order valence-corrected chi connectivity index (χ3v) is 3.84. The fourth-order valence-corrected chi connectivity index (χ4v) is 2.42. The van der Waals surface area contributed by atoms with Crippen molar-refractivity contribution in [3.63, 3.8) is 0 Å². The third-order valence-electron chi connectivity index (χ3n) is 3.84. The van der Waals surface area contributed by atoms with Gasteiger partial charge in [0.2, 0.25) is 5.89 Å². The number of nitro groups is 1. The molecule has 0 fully saturated rings. The summed E-state index contributed by atoms with van der Waals surface area (Å²) in [6, 6.07) is 13.5. The van der Waals surface area contributed by atoms with Gasteiger partial charge in [-0.25, -0.2) is 4.98 Å². The van der Waals surface area contributed by atoms with Crippen LogP contribution >= 0.6 is 0 Å². The Hall–Kier alpha value is -3.48. The molecule has 0 aliphatic rings. The number of nitrogens with zero attached hydrogens (tertiary/aromatic N) is 2. The minimum absolute atomic E-state index is 0.114. The summed E-state index contributed by atoms with van der Waals surface area (Å²) in [6.45, 7) is 2.36. The first kappa shape index (κ1) is 17.3. The van der Waals surface area contributed by atoms with E-state index in [9.17, 15) is 14.9 Å². The van der Waals surface area contributed by atoms with Crippen molar-refractivity contribution >= 4 is 11.6 Å². The van der Waals surface area contributed by atoms with E-state index in [4.69, 9.17) is 4.42 Å². The number of non-ortho nitro benzene ring substituents is 1. The van der Waals surface area contributed by atoms with Gasteiger partial charge in [0.15, 0.2) is 0 Å². The molecule has 0 aliphatic heterocycles. The molecule has 7 nitrogen and oxygen atoms in total. The number of nitrogens with one attached hydrogen (secondary N) is 1. The Morgan fingerprint density at radius 3 is 2.73 bits per heavy atom. The lowest BCUT2D eigenvalue weighted by atomic mass is 10.1. The Labute approximate surface area is 149 Å². The summed E-state index contributed by atoms with van der Waals surface area (Å²) in [4.78, 5) is 26.7. The minimum atomic E-state index is -0.529.